The minimum absolute atomic E-state index is 0.0213. The summed E-state index contributed by atoms with van der Waals surface area (Å²) in [6, 6.07) is 1.89. The third-order valence-electron chi connectivity index (χ3n) is 2.93. The van der Waals surface area contributed by atoms with Crippen LogP contribution in [0.1, 0.15) is 38.8 Å². The molecule has 100 valence electrons. The van der Waals surface area contributed by atoms with Crippen LogP contribution in [0, 0.1) is 12.3 Å². The molecule has 5 heteroatoms. The van der Waals surface area contributed by atoms with Crippen molar-refractivity contribution >= 4 is 11.8 Å². The maximum Gasteiger partial charge on any atom is 0.303 e. The van der Waals surface area contributed by atoms with Crippen molar-refractivity contribution in [1.82, 2.24) is 9.97 Å². The Kier molecular flexibility index (Phi) is 5.07. The molecule has 0 saturated carbocycles. The van der Waals surface area contributed by atoms with Crippen LogP contribution in [0.4, 0.5) is 5.82 Å². The van der Waals surface area contributed by atoms with Gasteiger partial charge in [0.1, 0.15) is 12.1 Å². The van der Waals surface area contributed by atoms with E-state index < -0.39 is 5.97 Å². The maximum absolute atomic E-state index is 10.5. The van der Waals surface area contributed by atoms with Gasteiger partial charge in [-0.25, -0.2) is 9.97 Å². The van der Waals surface area contributed by atoms with Gasteiger partial charge < -0.3 is 10.4 Å². The SMILES string of the molecule is Cc1cc(NCCC(C)(C)CCC(=O)O)ncn1. The summed E-state index contributed by atoms with van der Waals surface area (Å²) in [6.07, 6.45) is 3.35. The van der Waals surface area contributed by atoms with Crippen molar-refractivity contribution in [2.24, 2.45) is 5.41 Å². The van der Waals surface area contributed by atoms with Gasteiger partial charge in [-0.1, -0.05) is 13.8 Å². The normalized spacial score (nSPS) is 11.3. The topological polar surface area (TPSA) is 75.1 Å². The molecule has 1 aromatic heterocycles. The second kappa shape index (κ2) is 6.33. The monoisotopic (exact) mass is 251 g/mol. The Morgan fingerprint density at radius 2 is 2.11 bits per heavy atom. The zero-order valence-corrected chi connectivity index (χ0v) is 11.2. The van der Waals surface area contributed by atoms with Gasteiger partial charge in [-0.2, -0.15) is 0 Å². The van der Waals surface area contributed by atoms with E-state index in [0.29, 0.717) is 6.42 Å². The van der Waals surface area contributed by atoms with Crippen molar-refractivity contribution in [3.8, 4) is 0 Å². The van der Waals surface area contributed by atoms with Crippen LogP contribution in [0.15, 0.2) is 12.4 Å². The van der Waals surface area contributed by atoms with E-state index in [9.17, 15) is 4.79 Å². The minimum atomic E-state index is -0.734. The summed E-state index contributed by atoms with van der Waals surface area (Å²) in [5.74, 6) is 0.0824. The molecule has 0 spiro atoms. The summed E-state index contributed by atoms with van der Waals surface area (Å²) in [5.41, 5.74) is 0.950. The van der Waals surface area contributed by atoms with E-state index in [1.807, 2.05) is 13.0 Å². The van der Waals surface area contributed by atoms with E-state index in [2.05, 4.69) is 29.1 Å². The molecule has 0 aliphatic carbocycles. The Balaban J connectivity index is 2.34. The van der Waals surface area contributed by atoms with Gasteiger partial charge in [-0.15, -0.1) is 0 Å². The molecule has 1 rings (SSSR count). The molecule has 0 radical (unpaired) electrons. The van der Waals surface area contributed by atoms with Crippen LogP contribution >= 0.6 is 0 Å². The molecule has 1 heterocycles. The Hall–Kier alpha value is -1.65. The average molecular weight is 251 g/mol. The van der Waals surface area contributed by atoms with Gasteiger partial charge >= 0.3 is 5.97 Å². The molecule has 2 N–H and O–H groups in total. The van der Waals surface area contributed by atoms with Crippen molar-refractivity contribution in [2.45, 2.75) is 40.0 Å². The number of anilines is 1. The fourth-order valence-electron chi connectivity index (χ4n) is 1.65. The highest BCUT2D eigenvalue weighted by atomic mass is 16.4. The molecular weight excluding hydrogens is 230 g/mol. The Bertz CT molecular complexity index is 405. The number of carboxylic acid groups (broad SMARTS) is 1. The van der Waals surface area contributed by atoms with Crippen LogP contribution in [0.5, 0.6) is 0 Å². The fourth-order valence-corrected chi connectivity index (χ4v) is 1.65. The molecule has 0 atom stereocenters. The van der Waals surface area contributed by atoms with Crippen LogP contribution < -0.4 is 5.32 Å². The summed E-state index contributed by atoms with van der Waals surface area (Å²) in [4.78, 5) is 18.7. The Labute approximate surface area is 108 Å². The lowest BCUT2D eigenvalue weighted by atomic mass is 9.84. The number of rotatable bonds is 7. The molecule has 0 aliphatic heterocycles. The molecular formula is C13H21N3O2. The predicted octanol–water partition coefficient (Wildman–Crippen LogP) is 2.48. The summed E-state index contributed by atoms with van der Waals surface area (Å²) < 4.78 is 0. The van der Waals surface area contributed by atoms with Crippen molar-refractivity contribution in [3.05, 3.63) is 18.1 Å². The van der Waals surface area contributed by atoms with Crippen molar-refractivity contribution < 1.29 is 9.90 Å². The molecule has 0 bridgehead atoms. The number of aromatic nitrogens is 2. The number of aliphatic carboxylic acids is 1. The van der Waals surface area contributed by atoms with Crippen LogP contribution in [0.25, 0.3) is 0 Å². The molecule has 0 amide bonds. The van der Waals surface area contributed by atoms with Gasteiger partial charge in [0.2, 0.25) is 0 Å². The zero-order valence-electron chi connectivity index (χ0n) is 11.2. The predicted molar refractivity (Wildman–Crippen MR) is 70.5 cm³/mol. The number of carbonyl (C=O) groups is 1. The number of hydrogen-bond donors (Lipinski definition) is 2. The van der Waals surface area contributed by atoms with E-state index in [4.69, 9.17) is 5.11 Å². The smallest absolute Gasteiger partial charge is 0.303 e. The first-order chi connectivity index (χ1) is 8.39. The van der Waals surface area contributed by atoms with E-state index in [1.54, 1.807) is 0 Å². The number of carboxylic acids is 1. The molecule has 5 nitrogen and oxygen atoms in total. The lowest BCUT2D eigenvalue weighted by molar-refractivity contribution is -0.137. The molecule has 0 unspecified atom stereocenters. The largest absolute Gasteiger partial charge is 0.481 e. The van der Waals surface area contributed by atoms with E-state index >= 15 is 0 Å². The second-order valence-corrected chi connectivity index (χ2v) is 5.28. The highest BCUT2D eigenvalue weighted by Crippen LogP contribution is 2.26. The molecule has 18 heavy (non-hydrogen) atoms. The molecule has 0 aromatic carbocycles. The van der Waals surface area contributed by atoms with E-state index in [1.165, 1.54) is 6.33 Å². The van der Waals surface area contributed by atoms with E-state index in [0.717, 1.165) is 24.5 Å². The number of nitrogens with zero attached hydrogens (tertiary/aromatic N) is 2. The first kappa shape index (κ1) is 14.4. The zero-order chi connectivity index (χ0) is 13.6. The fraction of sp³-hybridized carbons (Fsp3) is 0.615. The average Bonchev–Trinajstić information content (AvgIpc) is 2.26. The van der Waals surface area contributed by atoms with Gasteiger partial charge in [0.15, 0.2) is 0 Å². The summed E-state index contributed by atoms with van der Waals surface area (Å²) in [5, 5.41) is 11.9. The van der Waals surface area contributed by atoms with Gasteiger partial charge in [0, 0.05) is 24.7 Å². The minimum Gasteiger partial charge on any atom is -0.481 e. The van der Waals surface area contributed by atoms with Crippen LogP contribution in [-0.2, 0) is 4.79 Å². The standard InChI is InChI=1S/C13H21N3O2/c1-10-8-11(16-9-15-10)14-7-6-13(2,3)5-4-12(17)18/h8-9H,4-7H2,1-3H3,(H,17,18)(H,14,15,16). The van der Waals surface area contributed by atoms with Gasteiger partial charge in [-0.3, -0.25) is 4.79 Å². The second-order valence-electron chi connectivity index (χ2n) is 5.28. The van der Waals surface area contributed by atoms with Gasteiger partial charge in [0.05, 0.1) is 0 Å². The first-order valence-corrected chi connectivity index (χ1v) is 6.13. The van der Waals surface area contributed by atoms with Crippen molar-refractivity contribution in [1.29, 1.82) is 0 Å². The molecule has 0 aliphatic rings. The molecule has 1 aromatic rings. The lowest BCUT2D eigenvalue weighted by Gasteiger charge is -2.23. The van der Waals surface area contributed by atoms with Crippen molar-refractivity contribution in [2.75, 3.05) is 11.9 Å². The first-order valence-electron chi connectivity index (χ1n) is 6.13. The van der Waals surface area contributed by atoms with Gasteiger partial charge in [0.25, 0.3) is 0 Å². The number of hydrogen-bond acceptors (Lipinski definition) is 4. The summed E-state index contributed by atoms with van der Waals surface area (Å²) in [6.45, 7) is 6.87. The number of nitrogens with one attached hydrogen (secondary N) is 1. The third-order valence-corrected chi connectivity index (χ3v) is 2.93. The van der Waals surface area contributed by atoms with E-state index in [-0.39, 0.29) is 11.8 Å². The third kappa shape index (κ3) is 5.61. The van der Waals surface area contributed by atoms with Crippen molar-refractivity contribution in [3.63, 3.8) is 0 Å². The van der Waals surface area contributed by atoms with Crippen LogP contribution in [-0.4, -0.2) is 27.6 Å². The molecule has 0 fully saturated rings. The van der Waals surface area contributed by atoms with Crippen LogP contribution in [0.2, 0.25) is 0 Å². The lowest BCUT2D eigenvalue weighted by Crippen LogP contribution is -2.18. The van der Waals surface area contributed by atoms with Crippen LogP contribution in [0.3, 0.4) is 0 Å². The number of aryl methyl sites for hydroxylation is 1. The van der Waals surface area contributed by atoms with Gasteiger partial charge in [-0.05, 0) is 25.2 Å². The molecule has 0 saturated heterocycles. The summed E-state index contributed by atoms with van der Waals surface area (Å²) in [7, 11) is 0. The Morgan fingerprint density at radius 1 is 1.39 bits per heavy atom. The summed E-state index contributed by atoms with van der Waals surface area (Å²) >= 11 is 0. The highest BCUT2D eigenvalue weighted by molar-refractivity contribution is 5.66. The highest BCUT2D eigenvalue weighted by Gasteiger charge is 2.18. The maximum atomic E-state index is 10.5. The Morgan fingerprint density at radius 3 is 2.72 bits per heavy atom. The quantitative estimate of drug-likeness (QED) is 0.778.